The molecule has 0 bridgehead atoms. The van der Waals surface area contributed by atoms with Crippen LogP contribution < -0.4 is 0 Å². The van der Waals surface area contributed by atoms with Crippen molar-refractivity contribution in [1.29, 1.82) is 0 Å². The molecule has 10 rings (SSSR count). The molecule has 0 fully saturated rings. The first-order chi connectivity index (χ1) is 24.7. The number of aromatic nitrogens is 2. The van der Waals surface area contributed by atoms with E-state index < -0.39 is 0 Å². The Balaban J connectivity index is 1.09. The molecular weight excluding hydrogens is 645 g/mol. The number of benzene rings is 7. The Morgan fingerprint density at radius 1 is 0.320 bits per heavy atom. The highest BCUT2D eigenvalue weighted by molar-refractivity contribution is 7.25. The molecule has 7 aromatic carbocycles. The van der Waals surface area contributed by atoms with Crippen molar-refractivity contribution in [3.63, 3.8) is 0 Å². The van der Waals surface area contributed by atoms with Crippen molar-refractivity contribution in [2.24, 2.45) is 0 Å². The number of fused-ring (bicyclic) bond motifs is 5. The zero-order valence-electron chi connectivity index (χ0n) is 26.9. The molecular formula is C46H28N2S2. The summed E-state index contributed by atoms with van der Waals surface area (Å²) < 4.78 is 3.84. The van der Waals surface area contributed by atoms with E-state index in [1.165, 1.54) is 62.6 Å². The second-order valence-corrected chi connectivity index (χ2v) is 14.8. The second kappa shape index (κ2) is 11.9. The Bertz CT molecular complexity index is 2830. The standard InChI is InChI=1S/C46H28N2S2/c1-2-8-29(9-3-1)32-18-19-34-25-35(21-20-33(34)24-32)41-28-40(30-14-16-31(17-15-30)44-26-36-10-4-6-12-42(36)49-44)47-46(48-41)37-22-23-39-38-11-5-7-13-43(38)50-45(39)27-37/h1-28H. The molecule has 0 atom stereocenters. The molecule has 0 unspecified atom stereocenters. The summed E-state index contributed by atoms with van der Waals surface area (Å²) in [6.07, 6.45) is 0. The summed E-state index contributed by atoms with van der Waals surface area (Å²) in [6.45, 7) is 0. The molecule has 3 aromatic heterocycles. The number of hydrogen-bond donors (Lipinski definition) is 0. The fourth-order valence-electron chi connectivity index (χ4n) is 6.88. The van der Waals surface area contributed by atoms with Crippen LogP contribution in [0.25, 0.3) is 96.5 Å². The van der Waals surface area contributed by atoms with Gasteiger partial charge in [0.2, 0.25) is 0 Å². The normalized spacial score (nSPS) is 11.6. The highest BCUT2D eigenvalue weighted by Crippen LogP contribution is 2.38. The Morgan fingerprint density at radius 2 is 0.940 bits per heavy atom. The van der Waals surface area contributed by atoms with Crippen LogP contribution >= 0.6 is 22.7 Å². The third-order valence-corrected chi connectivity index (χ3v) is 11.8. The van der Waals surface area contributed by atoms with Crippen molar-refractivity contribution in [3.05, 3.63) is 170 Å². The first-order valence-electron chi connectivity index (χ1n) is 16.7. The van der Waals surface area contributed by atoms with Gasteiger partial charge in [0.15, 0.2) is 5.82 Å². The lowest BCUT2D eigenvalue weighted by molar-refractivity contribution is 1.19. The van der Waals surface area contributed by atoms with Gasteiger partial charge in [-0.1, -0.05) is 127 Å². The van der Waals surface area contributed by atoms with Gasteiger partial charge in [-0.25, -0.2) is 9.97 Å². The van der Waals surface area contributed by atoms with E-state index in [0.717, 1.165) is 33.9 Å². The van der Waals surface area contributed by atoms with Crippen LogP contribution in [0.4, 0.5) is 0 Å². The predicted octanol–water partition coefficient (Wildman–Crippen LogP) is 13.5. The molecule has 0 aliphatic heterocycles. The lowest BCUT2D eigenvalue weighted by atomic mass is 9.98. The molecule has 0 radical (unpaired) electrons. The molecule has 0 spiro atoms. The van der Waals surface area contributed by atoms with Crippen LogP contribution in [0.5, 0.6) is 0 Å². The summed E-state index contributed by atoms with van der Waals surface area (Å²) in [7, 11) is 0. The van der Waals surface area contributed by atoms with Gasteiger partial charge in [-0.3, -0.25) is 0 Å². The van der Waals surface area contributed by atoms with Crippen molar-refractivity contribution >= 4 is 63.7 Å². The van der Waals surface area contributed by atoms with E-state index in [2.05, 4.69) is 170 Å². The van der Waals surface area contributed by atoms with Crippen molar-refractivity contribution < 1.29 is 0 Å². The van der Waals surface area contributed by atoms with E-state index in [9.17, 15) is 0 Å². The third-order valence-electron chi connectivity index (χ3n) is 9.50. The molecule has 0 amide bonds. The van der Waals surface area contributed by atoms with E-state index in [0.29, 0.717) is 0 Å². The topological polar surface area (TPSA) is 25.8 Å². The molecule has 0 aliphatic carbocycles. The van der Waals surface area contributed by atoms with E-state index in [4.69, 9.17) is 9.97 Å². The molecule has 3 heterocycles. The molecule has 10 aromatic rings. The Labute approximate surface area is 297 Å². The maximum absolute atomic E-state index is 5.22. The van der Waals surface area contributed by atoms with Crippen molar-refractivity contribution in [3.8, 4) is 55.5 Å². The van der Waals surface area contributed by atoms with Gasteiger partial charge in [0.1, 0.15) is 0 Å². The van der Waals surface area contributed by atoms with Crippen LogP contribution in [0.1, 0.15) is 0 Å². The fraction of sp³-hybridized carbons (Fsp3) is 0. The Hall–Kier alpha value is -5.94. The third kappa shape index (κ3) is 5.17. The van der Waals surface area contributed by atoms with E-state index >= 15 is 0 Å². The van der Waals surface area contributed by atoms with Crippen LogP contribution in [-0.2, 0) is 0 Å². The number of rotatable bonds is 5. The Morgan fingerprint density at radius 3 is 1.76 bits per heavy atom. The van der Waals surface area contributed by atoms with Crippen LogP contribution in [0.3, 0.4) is 0 Å². The van der Waals surface area contributed by atoms with Crippen molar-refractivity contribution in [1.82, 2.24) is 9.97 Å². The molecule has 0 saturated heterocycles. The average molecular weight is 673 g/mol. The van der Waals surface area contributed by atoms with Crippen molar-refractivity contribution in [2.75, 3.05) is 0 Å². The van der Waals surface area contributed by atoms with Crippen molar-refractivity contribution in [2.45, 2.75) is 0 Å². The van der Waals surface area contributed by atoms with Gasteiger partial charge in [-0.2, -0.15) is 0 Å². The van der Waals surface area contributed by atoms with E-state index in [1.807, 2.05) is 22.7 Å². The Kier molecular flexibility index (Phi) is 6.90. The fourth-order valence-corrected chi connectivity index (χ4v) is 9.10. The largest absolute Gasteiger partial charge is 0.228 e. The zero-order valence-corrected chi connectivity index (χ0v) is 28.5. The van der Waals surface area contributed by atoms with Gasteiger partial charge in [-0.05, 0) is 75.3 Å². The smallest absolute Gasteiger partial charge is 0.160 e. The summed E-state index contributed by atoms with van der Waals surface area (Å²) in [5.74, 6) is 0.727. The first-order valence-corrected chi connectivity index (χ1v) is 18.3. The van der Waals surface area contributed by atoms with E-state index in [1.54, 1.807) is 0 Å². The average Bonchev–Trinajstić information content (AvgIpc) is 3.79. The second-order valence-electron chi connectivity index (χ2n) is 12.6. The SMILES string of the molecule is c1ccc(-c2ccc3cc(-c4cc(-c5ccc(-c6cc7ccccc7s6)cc5)nc(-c5ccc6c(c5)sc5ccccc56)n4)ccc3c2)cc1. The molecule has 50 heavy (non-hydrogen) atoms. The van der Waals surface area contributed by atoms with Gasteiger partial charge in [0.05, 0.1) is 11.4 Å². The van der Waals surface area contributed by atoms with Gasteiger partial charge in [0, 0.05) is 46.4 Å². The maximum atomic E-state index is 5.22. The molecule has 234 valence electrons. The molecule has 0 saturated carbocycles. The number of hydrogen-bond acceptors (Lipinski definition) is 4. The quantitative estimate of drug-likeness (QED) is 0.182. The highest BCUT2D eigenvalue weighted by atomic mass is 32.1. The first kappa shape index (κ1) is 29.0. The summed E-state index contributed by atoms with van der Waals surface area (Å²) in [6, 6.07) is 60.9. The van der Waals surface area contributed by atoms with Gasteiger partial charge in [-0.15, -0.1) is 22.7 Å². The number of nitrogens with zero attached hydrogens (tertiary/aromatic N) is 2. The lowest BCUT2D eigenvalue weighted by Crippen LogP contribution is -1.96. The number of thiophene rings is 2. The van der Waals surface area contributed by atoms with Gasteiger partial charge >= 0.3 is 0 Å². The minimum atomic E-state index is 0.727. The van der Waals surface area contributed by atoms with Crippen LogP contribution in [0, 0.1) is 0 Å². The predicted molar refractivity (Wildman–Crippen MR) is 215 cm³/mol. The maximum Gasteiger partial charge on any atom is 0.160 e. The molecule has 2 nitrogen and oxygen atoms in total. The minimum Gasteiger partial charge on any atom is -0.228 e. The van der Waals surface area contributed by atoms with Gasteiger partial charge in [0.25, 0.3) is 0 Å². The van der Waals surface area contributed by atoms with Crippen LogP contribution in [-0.4, -0.2) is 9.97 Å². The molecule has 4 heteroatoms. The van der Waals surface area contributed by atoms with Gasteiger partial charge < -0.3 is 0 Å². The summed E-state index contributed by atoms with van der Waals surface area (Å²) in [5, 5.41) is 6.23. The van der Waals surface area contributed by atoms with E-state index in [-0.39, 0.29) is 0 Å². The van der Waals surface area contributed by atoms with Crippen LogP contribution in [0.2, 0.25) is 0 Å². The van der Waals surface area contributed by atoms with Crippen LogP contribution in [0.15, 0.2) is 170 Å². The highest BCUT2D eigenvalue weighted by Gasteiger charge is 2.14. The summed E-state index contributed by atoms with van der Waals surface area (Å²) in [4.78, 5) is 11.7. The summed E-state index contributed by atoms with van der Waals surface area (Å²) in [5.41, 5.74) is 8.61. The minimum absolute atomic E-state index is 0.727. The lowest BCUT2D eigenvalue weighted by Gasteiger charge is -2.11. The summed E-state index contributed by atoms with van der Waals surface area (Å²) >= 11 is 3.65. The molecule has 0 aliphatic rings. The molecule has 0 N–H and O–H groups in total. The zero-order chi connectivity index (χ0) is 33.0. The monoisotopic (exact) mass is 672 g/mol.